The van der Waals surface area contributed by atoms with Crippen molar-refractivity contribution < 1.29 is 29.3 Å². The first-order valence-electron chi connectivity index (χ1n) is 14.3. The van der Waals surface area contributed by atoms with E-state index in [1.54, 1.807) is 6.08 Å². The molecule has 0 heterocycles. The van der Waals surface area contributed by atoms with Crippen LogP contribution >= 0.6 is 0 Å². The lowest BCUT2D eigenvalue weighted by Crippen LogP contribution is -2.25. The number of esters is 2. The highest BCUT2D eigenvalue weighted by Gasteiger charge is 2.12. The summed E-state index contributed by atoms with van der Waals surface area (Å²) in [4.78, 5) is 23.5. The SMILES string of the molecule is CCCCC/C=C\C/C=C\C/C=C\C=C\[C@@H](O)CCCC(=O)OC[C@@H](O)COC(=O)CCCCCCC. The first-order valence-corrected chi connectivity index (χ1v) is 14.3. The van der Waals surface area contributed by atoms with Gasteiger partial charge >= 0.3 is 11.9 Å². The van der Waals surface area contributed by atoms with Crippen molar-refractivity contribution in [2.45, 2.75) is 122 Å². The molecular formula is C31H52O6. The van der Waals surface area contributed by atoms with Crippen LogP contribution in [0.4, 0.5) is 0 Å². The van der Waals surface area contributed by atoms with Gasteiger partial charge in [-0.05, 0) is 44.9 Å². The Morgan fingerprint density at radius 3 is 1.92 bits per heavy atom. The molecule has 0 fully saturated rings. The summed E-state index contributed by atoms with van der Waals surface area (Å²) < 4.78 is 10.0. The number of rotatable bonds is 24. The first-order chi connectivity index (χ1) is 18.0. The Bertz CT molecular complexity index is 665. The largest absolute Gasteiger partial charge is 0.463 e. The second kappa shape index (κ2) is 26.9. The maximum atomic E-state index is 11.8. The number of allylic oxidation sites excluding steroid dienone is 7. The van der Waals surface area contributed by atoms with Gasteiger partial charge in [0.05, 0.1) is 6.10 Å². The molecule has 37 heavy (non-hydrogen) atoms. The van der Waals surface area contributed by atoms with Crippen molar-refractivity contribution in [1.82, 2.24) is 0 Å². The zero-order chi connectivity index (χ0) is 27.4. The molecule has 0 aliphatic heterocycles. The minimum absolute atomic E-state index is 0.156. The molecule has 2 atom stereocenters. The monoisotopic (exact) mass is 520 g/mol. The average molecular weight is 521 g/mol. The van der Waals surface area contributed by atoms with Gasteiger partial charge in [0.15, 0.2) is 0 Å². The number of unbranched alkanes of at least 4 members (excludes halogenated alkanes) is 7. The van der Waals surface area contributed by atoms with Crippen LogP contribution in [0.2, 0.25) is 0 Å². The summed E-state index contributed by atoms with van der Waals surface area (Å²) in [7, 11) is 0. The van der Waals surface area contributed by atoms with Crippen LogP contribution in [0.5, 0.6) is 0 Å². The molecule has 0 aromatic rings. The van der Waals surface area contributed by atoms with Crippen LogP contribution in [0, 0.1) is 0 Å². The Kier molecular flexibility index (Phi) is 25.3. The molecule has 0 bridgehead atoms. The van der Waals surface area contributed by atoms with E-state index in [9.17, 15) is 19.8 Å². The number of carbonyl (C=O) groups excluding carboxylic acids is 2. The molecule has 0 aliphatic rings. The summed E-state index contributed by atoms with van der Waals surface area (Å²) in [5.74, 6) is -0.781. The van der Waals surface area contributed by atoms with Gasteiger partial charge in [0.2, 0.25) is 0 Å². The quantitative estimate of drug-likeness (QED) is 0.0622. The van der Waals surface area contributed by atoms with E-state index in [2.05, 4.69) is 38.2 Å². The van der Waals surface area contributed by atoms with E-state index in [1.807, 2.05) is 18.2 Å². The summed E-state index contributed by atoms with van der Waals surface area (Å²) in [6.07, 6.45) is 28.0. The topological polar surface area (TPSA) is 93.1 Å². The molecule has 0 radical (unpaired) electrons. The molecule has 0 unspecified atom stereocenters. The fraction of sp³-hybridized carbons (Fsp3) is 0.677. The lowest BCUT2D eigenvalue weighted by Gasteiger charge is -2.12. The van der Waals surface area contributed by atoms with Crippen molar-refractivity contribution in [2.24, 2.45) is 0 Å². The number of carbonyl (C=O) groups is 2. The standard InChI is InChI=1S/C31H52O6/c1-3-5-7-9-10-11-12-13-14-15-16-18-19-22-28(32)23-21-25-31(35)37-27-29(33)26-36-30(34)24-20-17-8-6-4-2/h10-11,13-14,16,18-19,22,28-29,32-33H,3-9,12,15,17,20-21,23-27H2,1-2H3/b11-10-,14-13-,18-16-,22-19+/t28-,29+/m1/s1. The second-order valence-corrected chi connectivity index (χ2v) is 9.37. The fourth-order valence-corrected chi connectivity index (χ4v) is 3.42. The Morgan fingerprint density at radius 2 is 1.24 bits per heavy atom. The molecule has 0 saturated heterocycles. The molecule has 0 rings (SSSR count). The number of aliphatic hydroxyl groups excluding tert-OH is 2. The summed E-state index contributed by atoms with van der Waals surface area (Å²) in [6.45, 7) is 3.97. The van der Waals surface area contributed by atoms with Gasteiger partial charge in [-0.15, -0.1) is 0 Å². The zero-order valence-corrected chi connectivity index (χ0v) is 23.3. The van der Waals surface area contributed by atoms with E-state index in [1.165, 1.54) is 25.7 Å². The van der Waals surface area contributed by atoms with Crippen LogP contribution in [-0.2, 0) is 19.1 Å². The lowest BCUT2D eigenvalue weighted by atomic mass is 10.1. The lowest BCUT2D eigenvalue weighted by molar-refractivity contribution is -0.152. The first kappa shape index (κ1) is 34.8. The number of hydrogen-bond acceptors (Lipinski definition) is 6. The molecule has 212 valence electrons. The average Bonchev–Trinajstić information content (AvgIpc) is 2.88. The van der Waals surface area contributed by atoms with E-state index >= 15 is 0 Å². The number of ether oxygens (including phenoxy) is 2. The van der Waals surface area contributed by atoms with Gasteiger partial charge in [0.25, 0.3) is 0 Å². The summed E-state index contributed by atoms with van der Waals surface area (Å²) in [6, 6.07) is 0. The van der Waals surface area contributed by atoms with Crippen molar-refractivity contribution >= 4 is 11.9 Å². The van der Waals surface area contributed by atoms with Crippen LogP contribution in [-0.4, -0.2) is 47.6 Å². The predicted molar refractivity (Wildman–Crippen MR) is 151 cm³/mol. The van der Waals surface area contributed by atoms with Crippen LogP contribution in [0.1, 0.15) is 110 Å². The van der Waals surface area contributed by atoms with Gasteiger partial charge < -0.3 is 19.7 Å². The van der Waals surface area contributed by atoms with Crippen LogP contribution in [0.25, 0.3) is 0 Å². The van der Waals surface area contributed by atoms with E-state index in [4.69, 9.17) is 9.47 Å². The van der Waals surface area contributed by atoms with E-state index in [0.29, 0.717) is 19.3 Å². The normalized spacial score (nSPS) is 13.7. The molecule has 0 aliphatic carbocycles. The third-order valence-electron chi connectivity index (χ3n) is 5.67. The van der Waals surface area contributed by atoms with Crippen molar-refractivity contribution in [2.75, 3.05) is 13.2 Å². The molecule has 0 spiro atoms. The predicted octanol–water partition coefficient (Wildman–Crippen LogP) is 6.91. The maximum Gasteiger partial charge on any atom is 0.305 e. The highest BCUT2D eigenvalue weighted by molar-refractivity contribution is 5.69. The molecule has 6 nitrogen and oxygen atoms in total. The van der Waals surface area contributed by atoms with Gasteiger partial charge in [0.1, 0.15) is 19.3 Å². The third kappa shape index (κ3) is 26.7. The molecule has 6 heteroatoms. The zero-order valence-electron chi connectivity index (χ0n) is 23.3. The Labute approximate surface area is 225 Å². The molecular weight excluding hydrogens is 468 g/mol. The Morgan fingerprint density at radius 1 is 0.676 bits per heavy atom. The Balaban J connectivity index is 3.76. The molecule has 0 saturated carbocycles. The van der Waals surface area contributed by atoms with Gasteiger partial charge in [0, 0.05) is 12.8 Å². The highest BCUT2D eigenvalue weighted by Crippen LogP contribution is 2.07. The third-order valence-corrected chi connectivity index (χ3v) is 5.67. The van der Waals surface area contributed by atoms with Gasteiger partial charge in [-0.1, -0.05) is 101 Å². The Hall–Kier alpha value is -2.18. The summed E-state index contributed by atoms with van der Waals surface area (Å²) >= 11 is 0. The van der Waals surface area contributed by atoms with E-state index < -0.39 is 18.2 Å². The molecule has 0 amide bonds. The van der Waals surface area contributed by atoms with Crippen molar-refractivity contribution in [3.05, 3.63) is 48.6 Å². The van der Waals surface area contributed by atoms with Gasteiger partial charge in [-0.2, -0.15) is 0 Å². The molecule has 0 aromatic carbocycles. The van der Waals surface area contributed by atoms with Crippen molar-refractivity contribution in [1.29, 1.82) is 0 Å². The van der Waals surface area contributed by atoms with Crippen LogP contribution < -0.4 is 0 Å². The fourth-order valence-electron chi connectivity index (χ4n) is 3.42. The molecule has 0 aromatic heterocycles. The van der Waals surface area contributed by atoms with Crippen molar-refractivity contribution in [3.63, 3.8) is 0 Å². The summed E-state index contributed by atoms with van der Waals surface area (Å²) in [5.41, 5.74) is 0. The number of aliphatic hydroxyl groups is 2. The summed E-state index contributed by atoms with van der Waals surface area (Å²) in [5, 5.41) is 19.8. The number of hydrogen-bond donors (Lipinski definition) is 2. The van der Waals surface area contributed by atoms with Crippen LogP contribution in [0.15, 0.2) is 48.6 Å². The maximum absolute atomic E-state index is 11.8. The van der Waals surface area contributed by atoms with Crippen LogP contribution in [0.3, 0.4) is 0 Å². The smallest absolute Gasteiger partial charge is 0.305 e. The minimum atomic E-state index is -1.03. The molecule has 2 N–H and O–H groups in total. The van der Waals surface area contributed by atoms with Gasteiger partial charge in [-0.25, -0.2) is 0 Å². The highest BCUT2D eigenvalue weighted by atomic mass is 16.6. The van der Waals surface area contributed by atoms with Gasteiger partial charge in [-0.3, -0.25) is 9.59 Å². The second-order valence-electron chi connectivity index (χ2n) is 9.37. The van der Waals surface area contributed by atoms with Crippen molar-refractivity contribution in [3.8, 4) is 0 Å². The van der Waals surface area contributed by atoms with E-state index in [0.717, 1.165) is 44.9 Å². The van der Waals surface area contributed by atoms with E-state index in [-0.39, 0.29) is 25.6 Å². The minimum Gasteiger partial charge on any atom is -0.463 e.